The molecule has 1 heterocycles. The Morgan fingerprint density at radius 1 is 1.28 bits per heavy atom. The van der Waals surface area contributed by atoms with Crippen LogP contribution in [0.25, 0.3) is 0 Å². The van der Waals surface area contributed by atoms with Crippen LogP contribution >= 0.6 is 0 Å². The van der Waals surface area contributed by atoms with Gasteiger partial charge in [0.05, 0.1) is 5.60 Å². The van der Waals surface area contributed by atoms with Crippen LogP contribution < -0.4 is 4.90 Å². The number of carbonyl (C=O) groups excluding carboxylic acids is 1. The molecule has 0 radical (unpaired) electrons. The van der Waals surface area contributed by atoms with Gasteiger partial charge in [0.25, 0.3) is 0 Å². The number of benzene rings is 1. The second-order valence-electron chi connectivity index (χ2n) is 5.59. The van der Waals surface area contributed by atoms with Crippen LogP contribution in [0.4, 0.5) is 5.69 Å². The maximum absolute atomic E-state index is 12.1. The molecule has 0 bridgehead atoms. The third-order valence-corrected chi connectivity index (χ3v) is 3.37. The number of fused-ring (bicyclic) bond motifs is 1. The molecule has 0 fully saturated rings. The maximum Gasteiger partial charge on any atom is 0.226 e. The molecule has 0 saturated heterocycles. The predicted octanol–water partition coefficient (Wildman–Crippen LogP) is 2.52. The third-order valence-electron chi connectivity index (χ3n) is 3.37. The molecule has 1 aromatic rings. The summed E-state index contributed by atoms with van der Waals surface area (Å²) in [7, 11) is 0. The first-order valence-electron chi connectivity index (χ1n) is 6.58. The van der Waals surface area contributed by atoms with E-state index in [1.807, 2.05) is 23.1 Å². The molecule has 0 aromatic heterocycles. The summed E-state index contributed by atoms with van der Waals surface area (Å²) in [5.41, 5.74) is 1.52. The van der Waals surface area contributed by atoms with Gasteiger partial charge in [-0.25, -0.2) is 0 Å². The summed E-state index contributed by atoms with van der Waals surface area (Å²) in [6.07, 6.45) is 3.06. The summed E-state index contributed by atoms with van der Waals surface area (Å²) in [5.74, 6) is 0.171. The molecular weight excluding hydrogens is 226 g/mol. The SMILES string of the molecule is CC(C)(O)CCN1C(=O)CCCc2ccccc21. The molecule has 3 heteroatoms. The molecular formula is C15H21NO2. The molecule has 1 N–H and O–H groups in total. The number of hydrogen-bond acceptors (Lipinski definition) is 2. The fraction of sp³-hybridized carbons (Fsp3) is 0.533. The van der Waals surface area contributed by atoms with Crippen molar-refractivity contribution in [3.8, 4) is 0 Å². The Hall–Kier alpha value is -1.35. The van der Waals surface area contributed by atoms with Crippen molar-refractivity contribution < 1.29 is 9.90 Å². The zero-order valence-corrected chi connectivity index (χ0v) is 11.1. The second kappa shape index (κ2) is 5.11. The van der Waals surface area contributed by atoms with Gasteiger partial charge in [0.15, 0.2) is 0 Å². The molecule has 0 saturated carbocycles. The van der Waals surface area contributed by atoms with E-state index in [0.29, 0.717) is 19.4 Å². The van der Waals surface area contributed by atoms with Gasteiger partial charge in [-0.1, -0.05) is 18.2 Å². The summed E-state index contributed by atoms with van der Waals surface area (Å²) in [6.45, 7) is 4.14. The van der Waals surface area contributed by atoms with E-state index >= 15 is 0 Å². The first-order valence-corrected chi connectivity index (χ1v) is 6.58. The van der Waals surface area contributed by atoms with Gasteiger partial charge in [-0.15, -0.1) is 0 Å². The minimum absolute atomic E-state index is 0.171. The van der Waals surface area contributed by atoms with Crippen molar-refractivity contribution in [3.63, 3.8) is 0 Å². The number of aliphatic hydroxyl groups is 1. The number of anilines is 1. The number of nitrogens with zero attached hydrogens (tertiary/aromatic N) is 1. The van der Waals surface area contributed by atoms with Gasteiger partial charge in [0.2, 0.25) is 5.91 Å². The Bertz CT molecular complexity index is 434. The van der Waals surface area contributed by atoms with E-state index in [0.717, 1.165) is 18.5 Å². The van der Waals surface area contributed by atoms with Gasteiger partial charge in [-0.2, -0.15) is 0 Å². The lowest BCUT2D eigenvalue weighted by Crippen LogP contribution is -2.35. The Morgan fingerprint density at radius 3 is 2.72 bits per heavy atom. The first kappa shape index (κ1) is 13.1. The van der Waals surface area contributed by atoms with Crippen LogP contribution in [0.15, 0.2) is 24.3 Å². The van der Waals surface area contributed by atoms with Crippen molar-refractivity contribution in [2.75, 3.05) is 11.4 Å². The van der Waals surface area contributed by atoms with Gasteiger partial charge in [-0.3, -0.25) is 4.79 Å². The van der Waals surface area contributed by atoms with Crippen LogP contribution in [-0.4, -0.2) is 23.2 Å². The van der Waals surface area contributed by atoms with Gasteiger partial charge in [0, 0.05) is 18.7 Å². The van der Waals surface area contributed by atoms with Crippen molar-refractivity contribution in [1.82, 2.24) is 0 Å². The van der Waals surface area contributed by atoms with Crippen LogP contribution in [0, 0.1) is 0 Å². The van der Waals surface area contributed by atoms with Crippen molar-refractivity contribution >= 4 is 11.6 Å². The number of rotatable bonds is 3. The highest BCUT2D eigenvalue weighted by atomic mass is 16.3. The zero-order chi connectivity index (χ0) is 13.2. The normalized spacial score (nSPS) is 16.4. The van der Waals surface area contributed by atoms with Crippen LogP contribution in [-0.2, 0) is 11.2 Å². The highest BCUT2D eigenvalue weighted by molar-refractivity contribution is 5.94. The highest BCUT2D eigenvalue weighted by Crippen LogP contribution is 2.27. The molecule has 98 valence electrons. The Labute approximate surface area is 108 Å². The lowest BCUT2D eigenvalue weighted by molar-refractivity contribution is -0.118. The summed E-state index contributed by atoms with van der Waals surface area (Å²) in [6, 6.07) is 8.07. The first-order chi connectivity index (χ1) is 8.47. The fourth-order valence-electron chi connectivity index (χ4n) is 2.32. The van der Waals surface area contributed by atoms with Gasteiger partial charge >= 0.3 is 0 Å². The van der Waals surface area contributed by atoms with Crippen LogP contribution in [0.1, 0.15) is 38.7 Å². The molecule has 1 aliphatic heterocycles. The quantitative estimate of drug-likeness (QED) is 0.891. The number of amides is 1. The Kier molecular flexibility index (Phi) is 3.71. The summed E-state index contributed by atoms with van der Waals surface area (Å²) in [4.78, 5) is 14.0. The van der Waals surface area contributed by atoms with Crippen molar-refractivity contribution in [1.29, 1.82) is 0 Å². The minimum Gasteiger partial charge on any atom is -0.390 e. The van der Waals surface area contributed by atoms with E-state index in [1.165, 1.54) is 5.56 Å². The minimum atomic E-state index is -0.735. The molecule has 1 amide bonds. The monoisotopic (exact) mass is 247 g/mol. The van der Waals surface area contributed by atoms with E-state index in [-0.39, 0.29) is 5.91 Å². The fourth-order valence-corrected chi connectivity index (χ4v) is 2.32. The molecule has 0 aliphatic carbocycles. The molecule has 0 atom stereocenters. The van der Waals surface area contributed by atoms with Crippen LogP contribution in [0.5, 0.6) is 0 Å². The summed E-state index contributed by atoms with van der Waals surface area (Å²) < 4.78 is 0. The van der Waals surface area contributed by atoms with E-state index < -0.39 is 5.60 Å². The smallest absolute Gasteiger partial charge is 0.226 e. The number of hydrogen-bond donors (Lipinski definition) is 1. The third kappa shape index (κ3) is 3.10. The van der Waals surface area contributed by atoms with Crippen molar-refractivity contribution in [2.24, 2.45) is 0 Å². The highest BCUT2D eigenvalue weighted by Gasteiger charge is 2.23. The Balaban J connectivity index is 2.23. The topological polar surface area (TPSA) is 40.5 Å². The Morgan fingerprint density at radius 2 is 2.00 bits per heavy atom. The molecule has 2 rings (SSSR count). The summed E-state index contributed by atoms with van der Waals surface area (Å²) in [5, 5.41) is 9.81. The number of para-hydroxylation sites is 1. The van der Waals surface area contributed by atoms with E-state index in [4.69, 9.17) is 0 Å². The lowest BCUT2D eigenvalue weighted by Gasteiger charge is -2.26. The van der Waals surface area contributed by atoms with Crippen LogP contribution in [0.2, 0.25) is 0 Å². The maximum atomic E-state index is 12.1. The van der Waals surface area contributed by atoms with Gasteiger partial charge in [0.1, 0.15) is 0 Å². The number of carbonyl (C=O) groups is 1. The average Bonchev–Trinajstić information content (AvgIpc) is 2.44. The second-order valence-corrected chi connectivity index (χ2v) is 5.59. The number of aryl methyl sites for hydroxylation is 1. The van der Waals surface area contributed by atoms with E-state index in [1.54, 1.807) is 13.8 Å². The molecule has 0 spiro atoms. The molecule has 3 nitrogen and oxygen atoms in total. The average molecular weight is 247 g/mol. The van der Waals surface area contributed by atoms with E-state index in [2.05, 4.69) is 6.07 Å². The lowest BCUT2D eigenvalue weighted by atomic mass is 10.0. The molecule has 0 unspecified atom stereocenters. The molecule has 1 aliphatic rings. The van der Waals surface area contributed by atoms with Gasteiger partial charge < -0.3 is 10.0 Å². The summed E-state index contributed by atoms with van der Waals surface area (Å²) >= 11 is 0. The van der Waals surface area contributed by atoms with Gasteiger partial charge in [-0.05, 0) is 44.7 Å². The largest absolute Gasteiger partial charge is 0.390 e. The van der Waals surface area contributed by atoms with Crippen molar-refractivity contribution in [3.05, 3.63) is 29.8 Å². The standard InChI is InChI=1S/C15H21NO2/c1-15(2,18)10-11-16-13-8-4-3-6-12(13)7-5-9-14(16)17/h3-4,6,8,18H,5,7,9-11H2,1-2H3. The zero-order valence-electron chi connectivity index (χ0n) is 11.1. The van der Waals surface area contributed by atoms with Crippen molar-refractivity contribution in [2.45, 2.75) is 45.1 Å². The predicted molar refractivity (Wildman–Crippen MR) is 72.6 cm³/mol. The van der Waals surface area contributed by atoms with Crippen LogP contribution in [0.3, 0.4) is 0 Å². The van der Waals surface area contributed by atoms with E-state index in [9.17, 15) is 9.90 Å². The molecule has 1 aromatic carbocycles. The molecule has 18 heavy (non-hydrogen) atoms.